The average Bonchev–Trinajstić information content (AvgIpc) is 2.27. The average molecular weight is 261 g/mol. The molecule has 0 aromatic carbocycles. The Morgan fingerprint density at radius 1 is 1.28 bits per heavy atom. The Morgan fingerprint density at radius 3 is 2.17 bits per heavy atom. The van der Waals surface area contributed by atoms with E-state index >= 15 is 0 Å². The summed E-state index contributed by atoms with van der Waals surface area (Å²) in [6.45, 7) is 7.38. The second-order valence-electron chi connectivity index (χ2n) is 4.34. The fourth-order valence-electron chi connectivity index (χ4n) is 2.09. The molecule has 2 N–H and O–H groups in total. The van der Waals surface area contributed by atoms with Gasteiger partial charge in [-0.1, -0.05) is 32.8 Å². The van der Waals surface area contributed by atoms with Crippen molar-refractivity contribution in [2.45, 2.75) is 33.1 Å². The van der Waals surface area contributed by atoms with Crippen LogP contribution in [0.25, 0.3) is 0 Å². The van der Waals surface area contributed by atoms with Crippen LogP contribution in [0.1, 0.15) is 33.1 Å². The molecule has 1 rings (SSSR count). The standard InChI is InChI=1S/C12H18N2O3.Na/c1-4-6-7-12(8(3)5-2)9(15)13-11(17)14-10(12)16;/h5,8H,2,4,6-7H2,1,3H3,(H2,13,14,15,16,17);. The Kier molecular flexibility index (Phi) is 6.81. The van der Waals surface area contributed by atoms with Gasteiger partial charge in [-0.05, 0) is 12.3 Å². The number of hydrogen-bond donors (Lipinski definition) is 2. The molecule has 1 saturated heterocycles. The third kappa shape index (κ3) is 3.02. The first-order chi connectivity index (χ1) is 7.98. The van der Waals surface area contributed by atoms with E-state index in [2.05, 4.69) is 17.2 Å². The van der Waals surface area contributed by atoms with E-state index in [0.29, 0.717) is 6.42 Å². The number of rotatable bonds is 5. The maximum absolute atomic E-state index is 12.0. The maximum Gasteiger partial charge on any atom is 0.328 e. The number of urea groups is 1. The summed E-state index contributed by atoms with van der Waals surface area (Å²) in [7, 11) is 0. The Morgan fingerprint density at radius 2 is 1.78 bits per heavy atom. The van der Waals surface area contributed by atoms with Crippen LogP contribution in [-0.2, 0) is 9.59 Å². The first-order valence-electron chi connectivity index (χ1n) is 5.78. The number of amides is 4. The van der Waals surface area contributed by atoms with Crippen molar-refractivity contribution in [3.05, 3.63) is 12.7 Å². The van der Waals surface area contributed by atoms with Crippen LogP contribution in [0, 0.1) is 11.3 Å². The van der Waals surface area contributed by atoms with E-state index in [4.69, 9.17) is 0 Å². The molecular weight excluding hydrogens is 243 g/mol. The summed E-state index contributed by atoms with van der Waals surface area (Å²) in [5.41, 5.74) is -1.20. The van der Waals surface area contributed by atoms with Crippen molar-refractivity contribution < 1.29 is 14.4 Å². The van der Waals surface area contributed by atoms with Gasteiger partial charge < -0.3 is 0 Å². The van der Waals surface area contributed by atoms with Crippen LogP contribution in [0.5, 0.6) is 0 Å². The predicted molar refractivity (Wildman–Crippen MR) is 68.8 cm³/mol. The molecular formula is C12H18N2NaO3. The molecule has 1 aliphatic heterocycles. The molecule has 0 bridgehead atoms. The first-order valence-corrected chi connectivity index (χ1v) is 5.78. The van der Waals surface area contributed by atoms with E-state index in [0.717, 1.165) is 12.8 Å². The van der Waals surface area contributed by atoms with Crippen LogP contribution >= 0.6 is 0 Å². The second kappa shape index (κ2) is 7.07. The Labute approximate surface area is 129 Å². The molecule has 18 heavy (non-hydrogen) atoms. The summed E-state index contributed by atoms with van der Waals surface area (Å²) >= 11 is 0. The topological polar surface area (TPSA) is 75.3 Å². The van der Waals surface area contributed by atoms with Gasteiger partial charge in [0.05, 0.1) is 0 Å². The number of imide groups is 2. The molecule has 0 aromatic rings. The number of barbiturate groups is 1. The molecule has 0 aromatic heterocycles. The summed E-state index contributed by atoms with van der Waals surface area (Å²) in [6.07, 6.45) is 3.61. The number of carbonyl (C=O) groups excluding carboxylic acids is 3. The third-order valence-corrected chi connectivity index (χ3v) is 3.32. The summed E-state index contributed by atoms with van der Waals surface area (Å²) in [5, 5.41) is 4.33. The molecule has 1 radical (unpaired) electrons. The van der Waals surface area contributed by atoms with Gasteiger partial charge in [0.15, 0.2) is 0 Å². The summed E-state index contributed by atoms with van der Waals surface area (Å²) in [6, 6.07) is -0.747. The molecule has 1 heterocycles. The summed E-state index contributed by atoms with van der Waals surface area (Å²) < 4.78 is 0. The fraction of sp³-hybridized carbons (Fsp3) is 0.583. The zero-order chi connectivity index (χ0) is 13.1. The minimum atomic E-state index is -1.20. The molecule has 1 unspecified atom stereocenters. The van der Waals surface area contributed by atoms with Crippen molar-refractivity contribution in [3.63, 3.8) is 0 Å². The van der Waals surface area contributed by atoms with Gasteiger partial charge in [0.25, 0.3) is 0 Å². The number of allylic oxidation sites excluding steroid dienone is 1. The Bertz CT molecular complexity index is 348. The largest absolute Gasteiger partial charge is 0.328 e. The minimum Gasteiger partial charge on any atom is -0.277 e. The first kappa shape index (κ1) is 17.4. The quantitative estimate of drug-likeness (QED) is 0.440. The molecule has 4 amide bonds. The SMILES string of the molecule is C=CC(C)C1(CCCC)C(=O)NC(=O)NC1=O.[Na]. The molecule has 1 atom stereocenters. The van der Waals surface area contributed by atoms with Crippen molar-refractivity contribution in [1.82, 2.24) is 10.6 Å². The zero-order valence-electron chi connectivity index (χ0n) is 11.2. The van der Waals surface area contributed by atoms with E-state index in [-0.39, 0.29) is 35.5 Å². The Hall–Kier alpha value is -0.650. The van der Waals surface area contributed by atoms with Crippen LogP contribution in [0.2, 0.25) is 0 Å². The van der Waals surface area contributed by atoms with Crippen molar-refractivity contribution in [3.8, 4) is 0 Å². The number of hydrogen-bond acceptors (Lipinski definition) is 3. The fourth-order valence-corrected chi connectivity index (χ4v) is 2.09. The van der Waals surface area contributed by atoms with E-state index in [9.17, 15) is 14.4 Å². The number of nitrogens with one attached hydrogen (secondary N) is 2. The summed E-state index contributed by atoms with van der Waals surface area (Å²) in [4.78, 5) is 35.1. The van der Waals surface area contributed by atoms with Gasteiger partial charge in [0.1, 0.15) is 5.41 Å². The van der Waals surface area contributed by atoms with E-state index < -0.39 is 23.3 Å². The van der Waals surface area contributed by atoms with Crippen LogP contribution in [-0.4, -0.2) is 47.4 Å². The second-order valence-corrected chi connectivity index (χ2v) is 4.34. The van der Waals surface area contributed by atoms with Crippen molar-refractivity contribution >= 4 is 47.4 Å². The maximum atomic E-state index is 12.0. The van der Waals surface area contributed by atoms with Crippen molar-refractivity contribution in [2.75, 3.05) is 0 Å². The van der Waals surface area contributed by atoms with Crippen LogP contribution in [0.3, 0.4) is 0 Å². The molecule has 1 fully saturated rings. The monoisotopic (exact) mass is 261 g/mol. The normalized spacial score (nSPS) is 19.3. The van der Waals surface area contributed by atoms with Crippen LogP contribution in [0.15, 0.2) is 12.7 Å². The number of unbranched alkanes of at least 4 members (excludes halogenated alkanes) is 1. The molecule has 1 aliphatic rings. The van der Waals surface area contributed by atoms with Gasteiger partial charge in [-0.2, -0.15) is 0 Å². The van der Waals surface area contributed by atoms with Crippen LogP contribution < -0.4 is 10.6 Å². The summed E-state index contributed by atoms with van der Waals surface area (Å²) in [5.74, 6) is -1.36. The van der Waals surface area contributed by atoms with Gasteiger partial charge in [0.2, 0.25) is 11.8 Å². The third-order valence-electron chi connectivity index (χ3n) is 3.32. The number of carbonyl (C=O) groups is 3. The minimum absolute atomic E-state index is 0. The van der Waals surface area contributed by atoms with Crippen LogP contribution in [0.4, 0.5) is 4.79 Å². The molecule has 0 aliphatic carbocycles. The molecule has 6 heteroatoms. The molecule has 5 nitrogen and oxygen atoms in total. The van der Waals surface area contributed by atoms with E-state index in [1.54, 1.807) is 13.0 Å². The van der Waals surface area contributed by atoms with Gasteiger partial charge in [0, 0.05) is 29.6 Å². The predicted octanol–water partition coefficient (Wildman–Crippen LogP) is 0.970. The van der Waals surface area contributed by atoms with Gasteiger partial charge >= 0.3 is 6.03 Å². The van der Waals surface area contributed by atoms with Crippen molar-refractivity contribution in [2.24, 2.45) is 11.3 Å². The molecule has 0 spiro atoms. The van der Waals surface area contributed by atoms with E-state index in [1.165, 1.54) is 0 Å². The zero-order valence-corrected chi connectivity index (χ0v) is 13.2. The smallest absolute Gasteiger partial charge is 0.277 e. The van der Waals surface area contributed by atoms with E-state index in [1.807, 2.05) is 6.92 Å². The van der Waals surface area contributed by atoms with Gasteiger partial charge in [-0.3, -0.25) is 20.2 Å². The molecule has 0 saturated carbocycles. The van der Waals surface area contributed by atoms with Gasteiger partial charge in [-0.25, -0.2) is 4.79 Å². The van der Waals surface area contributed by atoms with Gasteiger partial charge in [-0.15, -0.1) is 6.58 Å². The molecule has 95 valence electrons. The Balaban J connectivity index is 0.00000289. The van der Waals surface area contributed by atoms with Crippen molar-refractivity contribution in [1.29, 1.82) is 0 Å².